The maximum Gasteiger partial charge on any atom is 0.234 e. The Kier molecular flexibility index (Phi) is 8.84. The molecule has 1 saturated carbocycles. The van der Waals surface area contributed by atoms with E-state index >= 15 is 0 Å². The third kappa shape index (κ3) is 6.79. The molecule has 2 aromatic carbocycles. The van der Waals surface area contributed by atoms with E-state index in [0.717, 1.165) is 48.2 Å². The van der Waals surface area contributed by atoms with Gasteiger partial charge in [-0.3, -0.25) is 9.36 Å². The van der Waals surface area contributed by atoms with Crippen molar-refractivity contribution >= 4 is 40.6 Å². The number of rotatable bonds is 7. The van der Waals surface area contributed by atoms with Gasteiger partial charge < -0.3 is 15.0 Å². The molecule has 2 fully saturated rings. The van der Waals surface area contributed by atoms with Crippen LogP contribution in [0.4, 0.5) is 11.4 Å². The average molecular weight is 568 g/mol. The SMILES string of the molecule is CC(C)(C)c1ccc(-c2nnc(SCC(=O)Nc3ccc(N4CCOCC4)c(Cl)c3)n2C2CCCCC2)cc1. The second-order valence-corrected chi connectivity index (χ2v) is 12.7. The summed E-state index contributed by atoms with van der Waals surface area (Å²) < 4.78 is 7.71. The summed E-state index contributed by atoms with van der Waals surface area (Å²) in [4.78, 5) is 15.1. The minimum Gasteiger partial charge on any atom is -0.378 e. The van der Waals surface area contributed by atoms with Gasteiger partial charge in [-0.1, -0.05) is 87.7 Å². The van der Waals surface area contributed by atoms with Crippen molar-refractivity contribution < 1.29 is 9.53 Å². The number of nitrogens with zero attached hydrogens (tertiary/aromatic N) is 4. The summed E-state index contributed by atoms with van der Waals surface area (Å²) in [6, 6.07) is 14.7. The Bertz CT molecular complexity index is 1280. The number of ether oxygens (including phenoxy) is 1. The Morgan fingerprint density at radius 3 is 2.44 bits per heavy atom. The van der Waals surface area contributed by atoms with Crippen LogP contribution in [0.2, 0.25) is 5.02 Å². The van der Waals surface area contributed by atoms with Crippen molar-refractivity contribution in [2.45, 2.75) is 69.5 Å². The van der Waals surface area contributed by atoms with Crippen molar-refractivity contribution in [1.82, 2.24) is 14.8 Å². The van der Waals surface area contributed by atoms with Gasteiger partial charge in [0, 0.05) is 30.4 Å². The number of amides is 1. The lowest BCUT2D eigenvalue weighted by atomic mass is 9.86. The molecule has 0 bridgehead atoms. The van der Waals surface area contributed by atoms with E-state index in [4.69, 9.17) is 16.3 Å². The fraction of sp³-hybridized carbons (Fsp3) is 0.500. The Morgan fingerprint density at radius 2 is 1.77 bits per heavy atom. The van der Waals surface area contributed by atoms with Gasteiger partial charge in [0.25, 0.3) is 0 Å². The van der Waals surface area contributed by atoms with Gasteiger partial charge in [0.1, 0.15) is 0 Å². The van der Waals surface area contributed by atoms with Crippen molar-refractivity contribution in [3.05, 3.63) is 53.1 Å². The molecule has 0 atom stereocenters. The van der Waals surface area contributed by atoms with E-state index in [1.165, 1.54) is 36.6 Å². The van der Waals surface area contributed by atoms with Gasteiger partial charge >= 0.3 is 0 Å². The molecule has 2 aliphatic rings. The minimum absolute atomic E-state index is 0.0931. The van der Waals surface area contributed by atoms with Crippen LogP contribution in [0.3, 0.4) is 0 Å². The predicted molar refractivity (Wildman–Crippen MR) is 160 cm³/mol. The number of halogens is 1. The fourth-order valence-electron chi connectivity index (χ4n) is 5.33. The molecule has 1 saturated heterocycles. The van der Waals surface area contributed by atoms with Crippen molar-refractivity contribution in [3.63, 3.8) is 0 Å². The lowest BCUT2D eigenvalue weighted by Gasteiger charge is -2.29. The number of hydrogen-bond donors (Lipinski definition) is 1. The first-order valence-electron chi connectivity index (χ1n) is 13.9. The molecular formula is C30H38ClN5O2S. The summed E-state index contributed by atoms with van der Waals surface area (Å²) in [6.07, 6.45) is 5.90. The first-order valence-corrected chi connectivity index (χ1v) is 15.3. The van der Waals surface area contributed by atoms with Gasteiger partial charge in [-0.25, -0.2) is 0 Å². The van der Waals surface area contributed by atoms with E-state index in [1.807, 2.05) is 18.2 Å². The van der Waals surface area contributed by atoms with E-state index < -0.39 is 0 Å². The van der Waals surface area contributed by atoms with Crippen molar-refractivity contribution in [3.8, 4) is 11.4 Å². The van der Waals surface area contributed by atoms with E-state index in [1.54, 1.807) is 0 Å². The molecule has 1 amide bonds. The number of carbonyl (C=O) groups excluding carboxylic acids is 1. The van der Waals surface area contributed by atoms with Crippen LogP contribution in [0.25, 0.3) is 11.4 Å². The Hall–Kier alpha value is -2.55. The molecule has 1 aliphatic carbocycles. The second kappa shape index (κ2) is 12.3. The lowest BCUT2D eigenvalue weighted by molar-refractivity contribution is -0.113. The highest BCUT2D eigenvalue weighted by molar-refractivity contribution is 7.99. The van der Waals surface area contributed by atoms with E-state index in [0.29, 0.717) is 30.0 Å². The average Bonchev–Trinajstić information content (AvgIpc) is 3.36. The molecular weight excluding hydrogens is 530 g/mol. The fourth-order valence-corrected chi connectivity index (χ4v) is 6.44. The number of hydrogen-bond acceptors (Lipinski definition) is 6. The minimum atomic E-state index is -0.0931. The molecule has 1 aromatic heterocycles. The first kappa shape index (κ1) is 28.0. The number of anilines is 2. The summed E-state index contributed by atoms with van der Waals surface area (Å²) in [5, 5.41) is 13.6. The van der Waals surface area contributed by atoms with E-state index in [-0.39, 0.29) is 17.1 Å². The zero-order chi connectivity index (χ0) is 27.4. The number of benzene rings is 2. The van der Waals surface area contributed by atoms with Gasteiger partial charge in [0.2, 0.25) is 5.91 Å². The molecule has 39 heavy (non-hydrogen) atoms. The van der Waals surface area contributed by atoms with Gasteiger partial charge in [-0.2, -0.15) is 0 Å². The maximum absolute atomic E-state index is 12.9. The van der Waals surface area contributed by atoms with Gasteiger partial charge in [0.15, 0.2) is 11.0 Å². The second-order valence-electron chi connectivity index (χ2n) is 11.4. The van der Waals surface area contributed by atoms with Crippen LogP contribution >= 0.6 is 23.4 Å². The zero-order valence-electron chi connectivity index (χ0n) is 23.1. The summed E-state index contributed by atoms with van der Waals surface area (Å²) in [6.45, 7) is 9.68. The van der Waals surface area contributed by atoms with E-state index in [9.17, 15) is 4.79 Å². The number of carbonyl (C=O) groups is 1. The summed E-state index contributed by atoms with van der Waals surface area (Å²) in [5.41, 5.74) is 4.11. The molecule has 9 heteroatoms. The van der Waals surface area contributed by atoms with Crippen LogP contribution in [0, 0.1) is 0 Å². The smallest absolute Gasteiger partial charge is 0.234 e. The van der Waals surface area contributed by atoms with Crippen LogP contribution in [0.5, 0.6) is 0 Å². The standard InChI is InChI=1S/C30H38ClN5O2S/c1-30(2,3)22-11-9-21(10-12-22)28-33-34-29(36(28)24-7-5-4-6-8-24)39-20-27(37)32-23-13-14-26(25(31)19-23)35-15-17-38-18-16-35/h9-14,19,24H,4-8,15-18,20H2,1-3H3,(H,32,37). The molecule has 1 aliphatic heterocycles. The highest BCUT2D eigenvalue weighted by Crippen LogP contribution is 2.36. The molecule has 2 heterocycles. The van der Waals surface area contributed by atoms with Gasteiger partial charge in [0.05, 0.1) is 29.7 Å². The number of aromatic nitrogens is 3. The Labute approximate surface area is 240 Å². The van der Waals surface area contributed by atoms with Crippen LogP contribution < -0.4 is 10.2 Å². The lowest BCUT2D eigenvalue weighted by Crippen LogP contribution is -2.36. The zero-order valence-corrected chi connectivity index (χ0v) is 24.7. The third-order valence-corrected chi connectivity index (χ3v) is 8.77. The molecule has 0 spiro atoms. The van der Waals surface area contributed by atoms with Crippen molar-refractivity contribution in [2.24, 2.45) is 0 Å². The largest absolute Gasteiger partial charge is 0.378 e. The predicted octanol–water partition coefficient (Wildman–Crippen LogP) is 6.97. The third-order valence-electron chi connectivity index (χ3n) is 7.53. The van der Waals surface area contributed by atoms with E-state index in [2.05, 4.69) is 70.0 Å². The number of nitrogens with one attached hydrogen (secondary N) is 1. The Balaban J connectivity index is 1.29. The normalized spacial score (nSPS) is 16.9. The monoisotopic (exact) mass is 567 g/mol. The highest BCUT2D eigenvalue weighted by Gasteiger charge is 2.25. The topological polar surface area (TPSA) is 72.3 Å². The van der Waals surface area contributed by atoms with Gasteiger partial charge in [-0.15, -0.1) is 10.2 Å². The van der Waals surface area contributed by atoms with Crippen LogP contribution in [-0.2, 0) is 14.9 Å². The van der Waals surface area contributed by atoms with Crippen LogP contribution in [-0.4, -0.2) is 52.7 Å². The molecule has 5 rings (SSSR count). The molecule has 208 valence electrons. The highest BCUT2D eigenvalue weighted by atomic mass is 35.5. The van der Waals surface area contributed by atoms with Gasteiger partial charge in [-0.05, 0) is 42.0 Å². The quantitative estimate of drug-likeness (QED) is 0.311. The molecule has 7 nitrogen and oxygen atoms in total. The molecule has 0 unspecified atom stereocenters. The Morgan fingerprint density at radius 1 is 1.05 bits per heavy atom. The summed E-state index contributed by atoms with van der Waals surface area (Å²) in [7, 11) is 0. The summed E-state index contributed by atoms with van der Waals surface area (Å²) >= 11 is 8.00. The summed E-state index contributed by atoms with van der Waals surface area (Å²) in [5.74, 6) is 1.04. The van der Waals surface area contributed by atoms with Crippen LogP contribution in [0.1, 0.15) is 64.5 Å². The number of morpholine rings is 1. The first-order chi connectivity index (χ1) is 18.8. The molecule has 1 N–H and O–H groups in total. The number of thioether (sulfide) groups is 1. The van der Waals surface area contributed by atoms with Crippen molar-refractivity contribution in [1.29, 1.82) is 0 Å². The van der Waals surface area contributed by atoms with Crippen LogP contribution in [0.15, 0.2) is 47.6 Å². The maximum atomic E-state index is 12.9. The van der Waals surface area contributed by atoms with Crippen molar-refractivity contribution in [2.75, 3.05) is 42.3 Å². The molecule has 3 aromatic rings. The molecule has 0 radical (unpaired) electrons.